The summed E-state index contributed by atoms with van der Waals surface area (Å²) < 4.78 is 0. The van der Waals surface area contributed by atoms with Gasteiger partial charge in [-0.3, -0.25) is 19.8 Å². The fraction of sp³-hybridized carbons (Fsp3) is 0.500. The Balaban J connectivity index is 1.70. The molecule has 148 valence electrons. The number of nitrogens with one attached hydrogen (secondary N) is 3. The fourth-order valence-corrected chi connectivity index (χ4v) is 3.25. The Labute approximate surface area is 168 Å². The number of hydrogen-bond acceptors (Lipinski definition) is 4. The number of likely N-dealkylation sites (N-methyl/N-ethyl adjacent to an activating group) is 1. The Hall–Kier alpha value is -1.83. The summed E-state index contributed by atoms with van der Waals surface area (Å²) in [5, 5.41) is 8.53. The molecule has 1 saturated carbocycles. The minimum absolute atomic E-state index is 0.0160. The van der Waals surface area contributed by atoms with E-state index < -0.39 is 11.9 Å². The van der Waals surface area contributed by atoms with Crippen molar-refractivity contribution in [1.82, 2.24) is 15.5 Å². The standard InChI is InChI=1S/C18H24Cl2N4O3/c1-24(10-16(25)21-13-7-8-14(19)15(20)9-13)11-17(26)23-18(27)22-12-5-3-2-4-6-12/h7-9,12H,2-6,10-11H2,1H3,(H,21,25)(H2,22,23,26,27). The first-order valence-corrected chi connectivity index (χ1v) is 9.63. The number of carbonyl (C=O) groups excluding carboxylic acids is 3. The van der Waals surface area contributed by atoms with Gasteiger partial charge in [-0.2, -0.15) is 0 Å². The molecule has 0 saturated heterocycles. The molecule has 3 N–H and O–H groups in total. The zero-order valence-corrected chi connectivity index (χ0v) is 16.7. The van der Waals surface area contributed by atoms with Crippen molar-refractivity contribution in [3.8, 4) is 0 Å². The molecule has 0 spiro atoms. The highest BCUT2D eigenvalue weighted by Gasteiger charge is 2.18. The van der Waals surface area contributed by atoms with E-state index in [1.54, 1.807) is 25.2 Å². The third kappa shape index (κ3) is 7.74. The van der Waals surface area contributed by atoms with Gasteiger partial charge in [0.25, 0.3) is 0 Å². The summed E-state index contributed by atoms with van der Waals surface area (Å²) in [4.78, 5) is 37.4. The van der Waals surface area contributed by atoms with E-state index in [1.807, 2.05) is 0 Å². The molecule has 1 fully saturated rings. The summed E-state index contributed by atoms with van der Waals surface area (Å²) >= 11 is 11.7. The molecule has 0 unspecified atom stereocenters. The average molecular weight is 415 g/mol. The highest BCUT2D eigenvalue weighted by atomic mass is 35.5. The molecular formula is C18H24Cl2N4O3. The van der Waals surface area contributed by atoms with E-state index in [2.05, 4.69) is 16.0 Å². The summed E-state index contributed by atoms with van der Waals surface area (Å²) in [5.74, 6) is -0.775. The van der Waals surface area contributed by atoms with Gasteiger partial charge in [-0.1, -0.05) is 42.5 Å². The van der Waals surface area contributed by atoms with E-state index in [4.69, 9.17) is 23.2 Å². The molecule has 0 aromatic heterocycles. The van der Waals surface area contributed by atoms with E-state index in [9.17, 15) is 14.4 Å². The lowest BCUT2D eigenvalue weighted by Crippen LogP contribution is -2.48. The number of carbonyl (C=O) groups is 3. The van der Waals surface area contributed by atoms with Crippen molar-refractivity contribution in [2.24, 2.45) is 0 Å². The van der Waals surface area contributed by atoms with Gasteiger partial charge in [-0.25, -0.2) is 4.79 Å². The molecule has 0 heterocycles. The van der Waals surface area contributed by atoms with Crippen molar-refractivity contribution in [2.45, 2.75) is 38.1 Å². The molecule has 0 aliphatic heterocycles. The molecule has 1 aromatic rings. The highest BCUT2D eigenvalue weighted by Crippen LogP contribution is 2.24. The van der Waals surface area contributed by atoms with Crippen molar-refractivity contribution in [1.29, 1.82) is 0 Å². The number of anilines is 1. The monoisotopic (exact) mass is 414 g/mol. The Bertz CT molecular complexity index is 693. The lowest BCUT2D eigenvalue weighted by molar-refractivity contribution is -0.122. The van der Waals surface area contributed by atoms with Crippen LogP contribution in [-0.4, -0.2) is 48.9 Å². The number of imide groups is 1. The molecule has 2 rings (SSSR count). The van der Waals surface area contributed by atoms with E-state index in [1.165, 1.54) is 11.3 Å². The van der Waals surface area contributed by atoms with Gasteiger partial charge < -0.3 is 10.6 Å². The van der Waals surface area contributed by atoms with Gasteiger partial charge in [0, 0.05) is 11.7 Å². The van der Waals surface area contributed by atoms with Crippen LogP contribution in [0.15, 0.2) is 18.2 Å². The average Bonchev–Trinajstić information content (AvgIpc) is 2.58. The van der Waals surface area contributed by atoms with Gasteiger partial charge in [-0.05, 0) is 38.1 Å². The van der Waals surface area contributed by atoms with Gasteiger partial charge >= 0.3 is 6.03 Å². The van der Waals surface area contributed by atoms with Crippen LogP contribution in [0.5, 0.6) is 0 Å². The second-order valence-electron chi connectivity index (χ2n) is 6.71. The first kappa shape index (κ1) is 21.5. The Kier molecular flexibility index (Phi) is 8.34. The first-order valence-electron chi connectivity index (χ1n) is 8.87. The van der Waals surface area contributed by atoms with Gasteiger partial charge in [0.05, 0.1) is 23.1 Å². The molecule has 0 bridgehead atoms. The maximum Gasteiger partial charge on any atom is 0.321 e. The molecule has 1 aliphatic rings. The third-order valence-electron chi connectivity index (χ3n) is 4.22. The highest BCUT2D eigenvalue weighted by molar-refractivity contribution is 6.42. The number of hydrogen-bond donors (Lipinski definition) is 3. The molecule has 1 aliphatic carbocycles. The largest absolute Gasteiger partial charge is 0.335 e. The van der Waals surface area contributed by atoms with Crippen LogP contribution >= 0.6 is 23.2 Å². The van der Waals surface area contributed by atoms with Gasteiger partial charge in [-0.15, -0.1) is 0 Å². The number of nitrogens with zero attached hydrogens (tertiary/aromatic N) is 1. The van der Waals surface area contributed by atoms with Crippen molar-refractivity contribution in [2.75, 3.05) is 25.5 Å². The van der Waals surface area contributed by atoms with Crippen molar-refractivity contribution in [3.05, 3.63) is 28.2 Å². The minimum Gasteiger partial charge on any atom is -0.335 e. The van der Waals surface area contributed by atoms with Crippen LogP contribution in [0.4, 0.5) is 10.5 Å². The quantitative estimate of drug-likeness (QED) is 0.666. The van der Waals surface area contributed by atoms with Crippen LogP contribution in [0.2, 0.25) is 10.0 Å². The molecule has 9 heteroatoms. The zero-order chi connectivity index (χ0) is 19.8. The minimum atomic E-state index is -0.486. The van der Waals surface area contributed by atoms with Crippen LogP contribution in [0, 0.1) is 0 Å². The first-order chi connectivity index (χ1) is 12.8. The van der Waals surface area contributed by atoms with Gasteiger partial charge in [0.2, 0.25) is 11.8 Å². The second kappa shape index (κ2) is 10.5. The number of urea groups is 1. The third-order valence-corrected chi connectivity index (χ3v) is 4.96. The summed E-state index contributed by atoms with van der Waals surface area (Å²) in [6.45, 7) is -0.0925. The van der Waals surface area contributed by atoms with Crippen molar-refractivity contribution < 1.29 is 14.4 Å². The molecule has 0 atom stereocenters. The maximum absolute atomic E-state index is 12.0. The predicted octanol–water partition coefficient (Wildman–Crippen LogP) is 3.02. The molecule has 7 nitrogen and oxygen atoms in total. The summed E-state index contributed by atoms with van der Waals surface area (Å²) in [6, 6.07) is 4.40. The summed E-state index contributed by atoms with van der Waals surface area (Å²) in [7, 11) is 1.62. The van der Waals surface area contributed by atoms with Crippen molar-refractivity contribution >= 4 is 46.7 Å². The van der Waals surface area contributed by atoms with Crippen molar-refractivity contribution in [3.63, 3.8) is 0 Å². The topological polar surface area (TPSA) is 90.5 Å². The Morgan fingerprint density at radius 1 is 1.04 bits per heavy atom. The van der Waals surface area contributed by atoms with E-state index in [0.717, 1.165) is 25.7 Å². The van der Waals surface area contributed by atoms with Crippen LogP contribution < -0.4 is 16.0 Å². The van der Waals surface area contributed by atoms with Crippen LogP contribution in [0.25, 0.3) is 0 Å². The number of amides is 4. The summed E-state index contributed by atoms with van der Waals surface area (Å²) in [5.41, 5.74) is 0.513. The molecule has 0 radical (unpaired) electrons. The molecular weight excluding hydrogens is 391 g/mol. The van der Waals surface area contributed by atoms with Crippen LogP contribution in [-0.2, 0) is 9.59 Å². The number of rotatable bonds is 6. The number of benzene rings is 1. The second-order valence-corrected chi connectivity index (χ2v) is 7.52. The van der Waals surface area contributed by atoms with E-state index in [0.29, 0.717) is 15.7 Å². The van der Waals surface area contributed by atoms with Crippen LogP contribution in [0.3, 0.4) is 0 Å². The molecule has 4 amide bonds. The van der Waals surface area contributed by atoms with Gasteiger partial charge in [0.15, 0.2) is 0 Å². The normalized spacial score (nSPS) is 14.7. The summed E-state index contributed by atoms with van der Waals surface area (Å²) in [6.07, 6.45) is 5.26. The predicted molar refractivity (Wildman–Crippen MR) is 106 cm³/mol. The lowest BCUT2D eigenvalue weighted by Gasteiger charge is -2.23. The van der Waals surface area contributed by atoms with Gasteiger partial charge in [0.1, 0.15) is 0 Å². The van der Waals surface area contributed by atoms with Crippen LogP contribution in [0.1, 0.15) is 32.1 Å². The fourth-order valence-electron chi connectivity index (χ4n) is 2.96. The van der Waals surface area contributed by atoms with E-state index >= 15 is 0 Å². The maximum atomic E-state index is 12.0. The molecule has 27 heavy (non-hydrogen) atoms. The zero-order valence-electron chi connectivity index (χ0n) is 15.2. The molecule has 1 aromatic carbocycles. The SMILES string of the molecule is CN(CC(=O)NC(=O)NC1CCCCC1)CC(=O)Nc1ccc(Cl)c(Cl)c1. The Morgan fingerprint density at radius 2 is 1.70 bits per heavy atom. The Morgan fingerprint density at radius 3 is 2.37 bits per heavy atom. The number of halogens is 2. The lowest BCUT2D eigenvalue weighted by atomic mass is 9.96. The smallest absolute Gasteiger partial charge is 0.321 e. The van der Waals surface area contributed by atoms with E-state index in [-0.39, 0.29) is 25.0 Å².